The smallest absolute Gasteiger partial charge is 0.244 e. The Labute approximate surface area is 123 Å². The van der Waals surface area contributed by atoms with Crippen molar-refractivity contribution < 1.29 is 9.21 Å². The number of pyridine rings is 1. The number of nitrogen functional groups attached to an aromatic ring is 1. The summed E-state index contributed by atoms with van der Waals surface area (Å²) in [5, 5.41) is 5.82. The van der Waals surface area contributed by atoms with Crippen LogP contribution in [0.1, 0.15) is 11.3 Å². The van der Waals surface area contributed by atoms with Crippen molar-refractivity contribution in [2.24, 2.45) is 0 Å². The lowest BCUT2D eigenvalue weighted by atomic mass is 10.3. The van der Waals surface area contributed by atoms with Crippen molar-refractivity contribution in [2.75, 3.05) is 24.1 Å². The highest BCUT2D eigenvalue weighted by Gasteiger charge is 2.00. The molecule has 0 atom stereocenters. The fourth-order valence-corrected chi connectivity index (χ4v) is 1.71. The zero-order chi connectivity index (χ0) is 15.1. The minimum absolute atomic E-state index is 0.182. The Morgan fingerprint density at radius 1 is 1.48 bits per heavy atom. The van der Waals surface area contributed by atoms with Crippen LogP contribution in [0.15, 0.2) is 41.2 Å². The molecule has 0 aliphatic rings. The second-order valence-corrected chi connectivity index (χ2v) is 4.52. The number of carbonyl (C=O) groups is 1. The number of nitrogens with zero attached hydrogens (tertiary/aromatic N) is 1. The van der Waals surface area contributed by atoms with Crippen LogP contribution in [0.25, 0.3) is 6.08 Å². The molecule has 0 aliphatic carbocycles. The minimum atomic E-state index is -0.182. The number of aryl methyl sites for hydroxylation is 1. The van der Waals surface area contributed by atoms with E-state index in [9.17, 15) is 4.79 Å². The molecule has 6 nitrogen and oxygen atoms in total. The molecule has 2 aromatic heterocycles. The van der Waals surface area contributed by atoms with Crippen molar-refractivity contribution in [1.82, 2.24) is 10.3 Å². The van der Waals surface area contributed by atoms with Crippen molar-refractivity contribution in [3.05, 3.63) is 48.1 Å². The van der Waals surface area contributed by atoms with Crippen molar-refractivity contribution in [3.8, 4) is 0 Å². The van der Waals surface area contributed by atoms with Crippen LogP contribution in [0.4, 0.5) is 11.5 Å². The maximum Gasteiger partial charge on any atom is 0.244 e. The van der Waals surface area contributed by atoms with Crippen LogP contribution in [0, 0.1) is 6.92 Å². The van der Waals surface area contributed by atoms with Crippen LogP contribution in [0.5, 0.6) is 0 Å². The van der Waals surface area contributed by atoms with Gasteiger partial charge in [-0.3, -0.25) is 4.79 Å². The number of nitrogens with one attached hydrogen (secondary N) is 2. The third-order valence-corrected chi connectivity index (χ3v) is 2.71. The number of hydrogen-bond donors (Lipinski definition) is 3. The second kappa shape index (κ2) is 7.14. The molecule has 2 aromatic rings. The van der Waals surface area contributed by atoms with E-state index in [1.807, 2.05) is 13.0 Å². The van der Waals surface area contributed by atoms with E-state index in [1.54, 1.807) is 30.7 Å². The number of furan rings is 1. The van der Waals surface area contributed by atoms with Gasteiger partial charge in [-0.05, 0) is 36.8 Å². The summed E-state index contributed by atoms with van der Waals surface area (Å²) in [5.41, 5.74) is 7.44. The number of carbonyl (C=O) groups excluding carboxylic acids is 1. The van der Waals surface area contributed by atoms with E-state index < -0.39 is 0 Å². The Hall–Kier alpha value is -2.76. The van der Waals surface area contributed by atoms with Gasteiger partial charge in [0.2, 0.25) is 5.91 Å². The van der Waals surface area contributed by atoms with Gasteiger partial charge in [0.25, 0.3) is 0 Å². The summed E-state index contributed by atoms with van der Waals surface area (Å²) < 4.78 is 5.09. The first-order valence-electron chi connectivity index (χ1n) is 6.60. The molecule has 0 spiro atoms. The molecular formula is C15H18N4O2. The maximum absolute atomic E-state index is 11.6. The SMILES string of the molecule is Cc1cnc(NCCNC(=O)/C=C/c2ccco2)c(N)c1. The summed E-state index contributed by atoms with van der Waals surface area (Å²) in [7, 11) is 0. The monoisotopic (exact) mass is 286 g/mol. The molecule has 21 heavy (non-hydrogen) atoms. The fraction of sp³-hybridized carbons (Fsp3) is 0.200. The molecule has 0 fully saturated rings. The van der Waals surface area contributed by atoms with Gasteiger partial charge < -0.3 is 20.8 Å². The van der Waals surface area contributed by atoms with Crippen LogP contribution in [0.2, 0.25) is 0 Å². The molecule has 0 aromatic carbocycles. The van der Waals surface area contributed by atoms with Gasteiger partial charge in [0.1, 0.15) is 11.6 Å². The normalized spacial score (nSPS) is 10.7. The highest BCUT2D eigenvalue weighted by atomic mass is 16.3. The summed E-state index contributed by atoms with van der Waals surface area (Å²) in [6.07, 6.45) is 6.34. The van der Waals surface area contributed by atoms with Gasteiger partial charge in [0.05, 0.1) is 12.0 Å². The van der Waals surface area contributed by atoms with Gasteiger partial charge in [-0.2, -0.15) is 0 Å². The summed E-state index contributed by atoms with van der Waals surface area (Å²) in [5.74, 6) is 1.08. The van der Waals surface area contributed by atoms with Gasteiger partial charge >= 0.3 is 0 Å². The number of amides is 1. The number of hydrogen-bond acceptors (Lipinski definition) is 5. The average Bonchev–Trinajstić information content (AvgIpc) is 2.96. The van der Waals surface area contributed by atoms with Gasteiger partial charge in [-0.15, -0.1) is 0 Å². The van der Waals surface area contributed by atoms with E-state index in [-0.39, 0.29) is 5.91 Å². The molecule has 0 unspecified atom stereocenters. The molecule has 2 heterocycles. The van der Waals surface area contributed by atoms with Crippen LogP contribution in [-0.4, -0.2) is 24.0 Å². The maximum atomic E-state index is 11.6. The zero-order valence-electron chi connectivity index (χ0n) is 11.8. The van der Waals surface area contributed by atoms with Gasteiger partial charge in [-0.1, -0.05) is 0 Å². The fourth-order valence-electron chi connectivity index (χ4n) is 1.71. The Kier molecular flexibility index (Phi) is 4.98. The first kappa shape index (κ1) is 14.6. The average molecular weight is 286 g/mol. The van der Waals surface area contributed by atoms with E-state index in [0.29, 0.717) is 30.4 Å². The Bertz CT molecular complexity index is 621. The van der Waals surface area contributed by atoms with Crippen LogP contribution >= 0.6 is 0 Å². The van der Waals surface area contributed by atoms with Crippen LogP contribution in [-0.2, 0) is 4.79 Å². The van der Waals surface area contributed by atoms with E-state index in [4.69, 9.17) is 10.2 Å². The predicted molar refractivity (Wildman–Crippen MR) is 82.6 cm³/mol. The number of nitrogens with two attached hydrogens (primary N) is 1. The largest absolute Gasteiger partial charge is 0.465 e. The van der Waals surface area contributed by atoms with Gasteiger partial charge in [0, 0.05) is 25.4 Å². The first-order chi connectivity index (χ1) is 10.1. The summed E-state index contributed by atoms with van der Waals surface area (Å²) >= 11 is 0. The molecule has 0 radical (unpaired) electrons. The van der Waals surface area contributed by atoms with Crippen molar-refractivity contribution in [2.45, 2.75) is 6.92 Å². The molecule has 6 heteroatoms. The first-order valence-corrected chi connectivity index (χ1v) is 6.60. The number of aromatic nitrogens is 1. The molecule has 2 rings (SSSR count). The Morgan fingerprint density at radius 2 is 2.33 bits per heavy atom. The number of anilines is 2. The second-order valence-electron chi connectivity index (χ2n) is 4.52. The third kappa shape index (κ3) is 4.68. The van der Waals surface area contributed by atoms with E-state index in [2.05, 4.69) is 15.6 Å². The summed E-state index contributed by atoms with van der Waals surface area (Å²) in [6.45, 7) is 2.94. The molecule has 0 aliphatic heterocycles. The lowest BCUT2D eigenvalue weighted by molar-refractivity contribution is -0.116. The third-order valence-electron chi connectivity index (χ3n) is 2.71. The van der Waals surface area contributed by atoms with Gasteiger partial charge in [-0.25, -0.2) is 4.98 Å². The zero-order valence-corrected chi connectivity index (χ0v) is 11.8. The van der Waals surface area contributed by atoms with E-state index in [1.165, 1.54) is 6.08 Å². The topological polar surface area (TPSA) is 93.2 Å². The molecule has 0 saturated heterocycles. The standard InChI is InChI=1S/C15H18N4O2/c1-11-9-13(16)15(19-10-11)18-7-6-17-14(20)5-4-12-3-2-8-21-12/h2-5,8-10H,6-7,16H2,1H3,(H,17,20)(H,18,19)/b5-4+. The Morgan fingerprint density at radius 3 is 3.05 bits per heavy atom. The lowest BCUT2D eigenvalue weighted by Gasteiger charge is -2.08. The Balaban J connectivity index is 1.70. The van der Waals surface area contributed by atoms with Crippen LogP contribution < -0.4 is 16.4 Å². The quantitative estimate of drug-likeness (QED) is 0.556. The van der Waals surface area contributed by atoms with E-state index in [0.717, 1.165) is 5.56 Å². The molecule has 4 N–H and O–H groups in total. The molecule has 110 valence electrons. The lowest BCUT2D eigenvalue weighted by Crippen LogP contribution is -2.27. The molecule has 0 bridgehead atoms. The van der Waals surface area contributed by atoms with Crippen LogP contribution in [0.3, 0.4) is 0 Å². The molecular weight excluding hydrogens is 268 g/mol. The highest BCUT2D eigenvalue weighted by Crippen LogP contribution is 2.14. The van der Waals surface area contributed by atoms with Crippen molar-refractivity contribution in [1.29, 1.82) is 0 Å². The molecule has 0 saturated carbocycles. The number of rotatable bonds is 6. The summed E-state index contributed by atoms with van der Waals surface area (Å²) in [4.78, 5) is 15.7. The predicted octanol–water partition coefficient (Wildman–Crippen LogP) is 1.81. The highest BCUT2D eigenvalue weighted by molar-refractivity contribution is 5.91. The van der Waals surface area contributed by atoms with Crippen molar-refractivity contribution >= 4 is 23.5 Å². The minimum Gasteiger partial charge on any atom is -0.465 e. The summed E-state index contributed by atoms with van der Waals surface area (Å²) in [6, 6.07) is 5.39. The molecule has 1 amide bonds. The van der Waals surface area contributed by atoms with Gasteiger partial charge in [0.15, 0.2) is 0 Å². The van der Waals surface area contributed by atoms with Crippen molar-refractivity contribution in [3.63, 3.8) is 0 Å². The van der Waals surface area contributed by atoms with E-state index >= 15 is 0 Å².